The van der Waals surface area contributed by atoms with E-state index in [0.717, 1.165) is 6.42 Å². The van der Waals surface area contributed by atoms with E-state index in [2.05, 4.69) is 6.58 Å². The average molecular weight is 266 g/mol. The first-order chi connectivity index (χ1) is 8.82. The lowest BCUT2D eigenvalue weighted by atomic mass is 9.51. The topological polar surface area (TPSA) is 66.8 Å². The molecule has 4 heteroatoms. The fraction of sp³-hybridized carbons (Fsp3) is 0.800. The van der Waals surface area contributed by atoms with E-state index in [1.165, 1.54) is 0 Å². The van der Waals surface area contributed by atoms with Crippen LogP contribution in [0.15, 0.2) is 12.2 Å². The lowest BCUT2D eigenvalue weighted by molar-refractivity contribution is -0.216. The molecule has 6 atom stereocenters. The first-order valence-corrected chi connectivity index (χ1v) is 7.11. The summed E-state index contributed by atoms with van der Waals surface area (Å²) in [6.07, 6.45) is 1.60. The number of hydrogen-bond donors (Lipinski definition) is 2. The van der Waals surface area contributed by atoms with Crippen molar-refractivity contribution in [3.63, 3.8) is 0 Å². The van der Waals surface area contributed by atoms with Gasteiger partial charge in [0.1, 0.15) is 11.7 Å². The highest BCUT2D eigenvalue weighted by Gasteiger charge is 2.67. The van der Waals surface area contributed by atoms with E-state index in [4.69, 9.17) is 4.74 Å². The molecule has 3 fully saturated rings. The van der Waals surface area contributed by atoms with Crippen molar-refractivity contribution in [2.75, 3.05) is 0 Å². The summed E-state index contributed by atoms with van der Waals surface area (Å²) in [4.78, 5) is 11.8. The molecule has 4 nitrogen and oxygen atoms in total. The first-order valence-electron chi connectivity index (χ1n) is 7.11. The minimum atomic E-state index is -1.28. The second-order valence-corrected chi connectivity index (χ2v) is 6.69. The highest BCUT2D eigenvalue weighted by molar-refractivity contribution is 5.75. The third-order valence-electron chi connectivity index (χ3n) is 5.92. The van der Waals surface area contributed by atoms with E-state index < -0.39 is 23.2 Å². The zero-order chi connectivity index (χ0) is 14.0. The predicted molar refractivity (Wildman–Crippen MR) is 69.2 cm³/mol. The molecule has 0 radical (unpaired) electrons. The second kappa shape index (κ2) is 3.83. The van der Waals surface area contributed by atoms with Crippen LogP contribution in [0.3, 0.4) is 0 Å². The van der Waals surface area contributed by atoms with E-state index in [9.17, 15) is 15.0 Å². The summed E-state index contributed by atoms with van der Waals surface area (Å²) in [5.41, 5.74) is -1.24. The minimum absolute atomic E-state index is 0.0348. The largest absolute Gasteiger partial charge is 0.458 e. The quantitative estimate of drug-likeness (QED) is 0.514. The van der Waals surface area contributed by atoms with Crippen LogP contribution in [0.25, 0.3) is 0 Å². The molecule has 1 saturated heterocycles. The van der Waals surface area contributed by atoms with Gasteiger partial charge in [0.25, 0.3) is 0 Å². The summed E-state index contributed by atoms with van der Waals surface area (Å²) >= 11 is 0. The monoisotopic (exact) mass is 266 g/mol. The summed E-state index contributed by atoms with van der Waals surface area (Å²) in [6, 6.07) is 0. The molecule has 2 aliphatic carbocycles. The zero-order valence-corrected chi connectivity index (χ0v) is 11.6. The predicted octanol–water partition coefficient (Wildman–Crippen LogP) is 1.41. The third kappa shape index (κ3) is 1.39. The Kier molecular flexibility index (Phi) is 2.64. The lowest BCUT2D eigenvalue weighted by Crippen LogP contribution is -2.67. The summed E-state index contributed by atoms with van der Waals surface area (Å²) in [5.74, 6) is -0.376. The van der Waals surface area contributed by atoms with Gasteiger partial charge in [-0.25, -0.2) is 0 Å². The Morgan fingerprint density at radius 2 is 2.11 bits per heavy atom. The number of hydrogen-bond acceptors (Lipinski definition) is 4. The molecule has 0 bridgehead atoms. The Bertz CT molecular complexity index is 445. The molecule has 2 saturated carbocycles. The Balaban J connectivity index is 2.08. The van der Waals surface area contributed by atoms with Crippen molar-refractivity contribution in [1.82, 2.24) is 0 Å². The van der Waals surface area contributed by atoms with Crippen LogP contribution in [0.2, 0.25) is 0 Å². The molecular weight excluding hydrogens is 244 g/mol. The van der Waals surface area contributed by atoms with Crippen molar-refractivity contribution in [2.45, 2.75) is 57.3 Å². The van der Waals surface area contributed by atoms with Gasteiger partial charge in [-0.15, -0.1) is 0 Å². The average Bonchev–Trinajstić information content (AvgIpc) is 2.66. The molecule has 0 amide bonds. The van der Waals surface area contributed by atoms with Gasteiger partial charge in [0.05, 0.1) is 12.0 Å². The highest BCUT2D eigenvalue weighted by atomic mass is 16.6. The van der Waals surface area contributed by atoms with Crippen LogP contribution in [-0.4, -0.2) is 34.0 Å². The summed E-state index contributed by atoms with van der Waals surface area (Å²) in [5, 5.41) is 21.6. The number of fused-ring (bicyclic) bond motifs is 3. The van der Waals surface area contributed by atoms with Crippen LogP contribution in [-0.2, 0) is 9.53 Å². The maximum Gasteiger partial charge on any atom is 0.309 e. The maximum atomic E-state index is 11.8. The summed E-state index contributed by atoms with van der Waals surface area (Å²) in [7, 11) is 0. The van der Waals surface area contributed by atoms with E-state index in [1.54, 1.807) is 0 Å². The van der Waals surface area contributed by atoms with Gasteiger partial charge in [0, 0.05) is 11.3 Å². The van der Waals surface area contributed by atoms with Crippen molar-refractivity contribution in [2.24, 2.45) is 17.3 Å². The van der Waals surface area contributed by atoms with Gasteiger partial charge >= 0.3 is 5.97 Å². The zero-order valence-electron chi connectivity index (χ0n) is 11.6. The maximum absolute atomic E-state index is 11.8. The standard InChI is InChI=1S/C15H22O4/c1-8-4-5-11(16)14(3)7-6-10-9(2)13(17)19-12(10)15(8,14)18/h9-12,16,18H,1,4-7H2,2-3H3/t9-,10+,11-,12+,14-,15+/m0/s1. The number of carbonyl (C=O) groups excluding carboxylic acids is 1. The number of rotatable bonds is 0. The Morgan fingerprint density at radius 3 is 2.79 bits per heavy atom. The molecule has 3 rings (SSSR count). The van der Waals surface area contributed by atoms with Crippen LogP contribution in [0.5, 0.6) is 0 Å². The van der Waals surface area contributed by atoms with Crippen LogP contribution in [0.1, 0.15) is 39.5 Å². The molecule has 0 aromatic rings. The van der Waals surface area contributed by atoms with Crippen LogP contribution < -0.4 is 0 Å². The Morgan fingerprint density at radius 1 is 1.42 bits per heavy atom. The molecule has 3 aliphatic rings. The van der Waals surface area contributed by atoms with Gasteiger partial charge in [0.2, 0.25) is 0 Å². The van der Waals surface area contributed by atoms with Crippen molar-refractivity contribution in [3.05, 3.63) is 12.2 Å². The summed E-state index contributed by atoms with van der Waals surface area (Å²) < 4.78 is 5.47. The van der Waals surface area contributed by atoms with Crippen LogP contribution in [0, 0.1) is 17.3 Å². The lowest BCUT2D eigenvalue weighted by Gasteiger charge is -2.58. The van der Waals surface area contributed by atoms with Crippen molar-refractivity contribution >= 4 is 5.97 Å². The van der Waals surface area contributed by atoms with E-state index in [1.807, 2.05) is 13.8 Å². The first kappa shape index (κ1) is 13.1. The van der Waals surface area contributed by atoms with Gasteiger partial charge in [-0.1, -0.05) is 20.4 Å². The van der Waals surface area contributed by atoms with Crippen molar-refractivity contribution in [1.29, 1.82) is 0 Å². The molecule has 1 aliphatic heterocycles. The summed E-state index contributed by atoms with van der Waals surface area (Å²) in [6.45, 7) is 7.77. The number of ether oxygens (including phenoxy) is 1. The molecule has 2 N–H and O–H groups in total. The van der Waals surface area contributed by atoms with E-state index in [0.29, 0.717) is 24.8 Å². The Hall–Kier alpha value is -0.870. The molecule has 0 spiro atoms. The van der Waals surface area contributed by atoms with Crippen molar-refractivity contribution in [3.8, 4) is 0 Å². The molecular formula is C15H22O4. The van der Waals surface area contributed by atoms with Crippen LogP contribution in [0.4, 0.5) is 0 Å². The molecule has 0 aromatic heterocycles. The van der Waals surface area contributed by atoms with Gasteiger partial charge in [0.15, 0.2) is 0 Å². The fourth-order valence-corrected chi connectivity index (χ4v) is 4.38. The molecule has 1 heterocycles. The normalized spacial score (nSPS) is 53.5. The smallest absolute Gasteiger partial charge is 0.309 e. The van der Waals surface area contributed by atoms with Gasteiger partial charge in [-0.05, 0) is 31.3 Å². The minimum Gasteiger partial charge on any atom is -0.458 e. The Labute approximate surface area is 113 Å². The van der Waals surface area contributed by atoms with Gasteiger partial charge in [-0.3, -0.25) is 4.79 Å². The number of carbonyl (C=O) groups is 1. The molecule has 19 heavy (non-hydrogen) atoms. The number of aliphatic hydroxyl groups excluding tert-OH is 1. The SMILES string of the molecule is C=C1CC[C@H](O)[C@]2(C)CC[C@@H]3[C@H](C)C(=O)O[C@H]3[C@]12O. The fourth-order valence-electron chi connectivity index (χ4n) is 4.38. The molecule has 0 aromatic carbocycles. The second-order valence-electron chi connectivity index (χ2n) is 6.69. The third-order valence-corrected chi connectivity index (χ3v) is 5.92. The number of esters is 1. The van der Waals surface area contributed by atoms with E-state index >= 15 is 0 Å². The highest BCUT2D eigenvalue weighted by Crippen LogP contribution is 2.59. The van der Waals surface area contributed by atoms with Gasteiger partial charge < -0.3 is 14.9 Å². The van der Waals surface area contributed by atoms with E-state index in [-0.39, 0.29) is 17.8 Å². The number of aliphatic hydroxyl groups is 2. The molecule has 0 unspecified atom stereocenters. The van der Waals surface area contributed by atoms with Gasteiger partial charge in [-0.2, -0.15) is 0 Å². The molecule has 106 valence electrons. The van der Waals surface area contributed by atoms with Crippen molar-refractivity contribution < 1.29 is 19.7 Å². The van der Waals surface area contributed by atoms with Crippen LogP contribution >= 0.6 is 0 Å².